The van der Waals surface area contributed by atoms with Crippen molar-refractivity contribution in [1.29, 1.82) is 0 Å². The molecule has 1 heterocycles. The van der Waals surface area contributed by atoms with Gasteiger partial charge in [0.2, 0.25) is 5.95 Å². The molecule has 0 spiro atoms. The smallest absolute Gasteiger partial charge is 0.220 e. The number of fused-ring (bicyclic) bond motifs is 1. The molecule has 2 rings (SSSR count). The Bertz CT molecular complexity index is 490. The van der Waals surface area contributed by atoms with Crippen LogP contribution in [0.5, 0.6) is 0 Å². The van der Waals surface area contributed by atoms with Crippen LogP contribution in [0.3, 0.4) is 0 Å². The highest BCUT2D eigenvalue weighted by Crippen LogP contribution is 2.23. The fourth-order valence-electron chi connectivity index (χ4n) is 2.11. The topological polar surface area (TPSA) is 114 Å². The monoisotopic (exact) mass is 266 g/mol. The Morgan fingerprint density at radius 1 is 1.42 bits per heavy atom. The van der Waals surface area contributed by atoms with Crippen LogP contribution in [0.25, 0.3) is 0 Å². The van der Waals surface area contributed by atoms with Crippen molar-refractivity contribution in [2.45, 2.75) is 32.3 Å². The van der Waals surface area contributed by atoms with Crippen LogP contribution in [0.15, 0.2) is 5.16 Å². The summed E-state index contributed by atoms with van der Waals surface area (Å²) in [5, 5.41) is 21.9. The molecule has 7 heteroatoms. The molecule has 0 aromatic carbocycles. The molecule has 1 atom stereocenters. The third-order valence-corrected chi connectivity index (χ3v) is 2.95. The number of hydrogen-bond acceptors (Lipinski definition) is 7. The molecule has 1 aliphatic rings. The van der Waals surface area contributed by atoms with E-state index in [4.69, 9.17) is 15.7 Å². The largest absolute Gasteiger partial charge is 0.394 e. The molecular formula is C12H18N4O3. The van der Waals surface area contributed by atoms with Crippen molar-refractivity contribution in [2.24, 2.45) is 5.16 Å². The van der Waals surface area contributed by atoms with E-state index in [0.717, 1.165) is 41.9 Å². The molecule has 0 aliphatic heterocycles. The van der Waals surface area contributed by atoms with Gasteiger partial charge in [0.15, 0.2) is 0 Å². The fraction of sp³-hybridized carbons (Fsp3) is 0.583. The van der Waals surface area contributed by atoms with Crippen molar-refractivity contribution in [3.63, 3.8) is 0 Å². The molecule has 19 heavy (non-hydrogen) atoms. The van der Waals surface area contributed by atoms with Crippen LogP contribution in [0.1, 0.15) is 29.8 Å². The summed E-state index contributed by atoms with van der Waals surface area (Å²) >= 11 is 0. The number of rotatable bonds is 4. The number of nitrogen functional groups attached to an aromatic ring is 1. The molecule has 1 aliphatic carbocycles. The van der Waals surface area contributed by atoms with Gasteiger partial charge in [0.25, 0.3) is 0 Å². The van der Waals surface area contributed by atoms with Crippen LogP contribution in [-0.2, 0) is 11.3 Å². The first-order valence-electron chi connectivity index (χ1n) is 6.23. The van der Waals surface area contributed by atoms with Crippen molar-refractivity contribution in [2.75, 3.05) is 18.9 Å². The minimum absolute atomic E-state index is 0.0375. The van der Waals surface area contributed by atoms with Crippen molar-refractivity contribution >= 4 is 11.7 Å². The molecule has 1 aromatic heterocycles. The van der Waals surface area contributed by atoms with Crippen molar-refractivity contribution in [3.05, 3.63) is 17.0 Å². The number of oxime groups is 1. The minimum atomic E-state index is -0.920. The average molecular weight is 266 g/mol. The van der Waals surface area contributed by atoms with E-state index in [1.807, 2.05) is 6.92 Å². The van der Waals surface area contributed by atoms with Gasteiger partial charge >= 0.3 is 0 Å². The third kappa shape index (κ3) is 3.18. The first-order valence-corrected chi connectivity index (χ1v) is 6.23. The van der Waals surface area contributed by atoms with Crippen LogP contribution < -0.4 is 5.73 Å². The van der Waals surface area contributed by atoms with Crippen molar-refractivity contribution in [1.82, 2.24) is 9.97 Å². The van der Waals surface area contributed by atoms with Crippen LogP contribution in [0.4, 0.5) is 5.95 Å². The van der Waals surface area contributed by atoms with E-state index in [9.17, 15) is 5.11 Å². The SMILES string of the molecule is Cc1nc(N)nc2c1/C(=N/OCC(O)CO)CCC2. The quantitative estimate of drug-likeness (QED) is 0.649. The predicted octanol–water partition coefficient (Wildman–Crippen LogP) is -0.223. The van der Waals surface area contributed by atoms with E-state index in [1.54, 1.807) is 0 Å². The van der Waals surface area contributed by atoms with E-state index < -0.39 is 6.10 Å². The van der Waals surface area contributed by atoms with Gasteiger partial charge in [0, 0.05) is 5.56 Å². The number of aliphatic hydroxyl groups excluding tert-OH is 2. The van der Waals surface area contributed by atoms with Gasteiger partial charge in [0.05, 0.1) is 23.7 Å². The van der Waals surface area contributed by atoms with E-state index >= 15 is 0 Å². The zero-order valence-electron chi connectivity index (χ0n) is 10.8. The Hall–Kier alpha value is -1.73. The van der Waals surface area contributed by atoms with Gasteiger partial charge in [-0.25, -0.2) is 9.97 Å². The van der Waals surface area contributed by atoms with Crippen LogP contribution in [0.2, 0.25) is 0 Å². The number of anilines is 1. The lowest BCUT2D eigenvalue weighted by Gasteiger charge is -2.18. The third-order valence-electron chi connectivity index (χ3n) is 2.95. The molecule has 0 amide bonds. The number of aromatic nitrogens is 2. The van der Waals surface area contributed by atoms with Crippen LogP contribution in [-0.4, -0.2) is 45.2 Å². The molecule has 1 aromatic rings. The Labute approximate surface area is 111 Å². The normalized spacial score (nSPS) is 18.2. The fourth-order valence-corrected chi connectivity index (χ4v) is 2.11. The predicted molar refractivity (Wildman–Crippen MR) is 69.7 cm³/mol. The maximum Gasteiger partial charge on any atom is 0.220 e. The molecule has 0 fully saturated rings. The van der Waals surface area contributed by atoms with Crippen molar-refractivity contribution in [3.8, 4) is 0 Å². The Kier molecular flexibility index (Phi) is 4.28. The first kappa shape index (κ1) is 13.7. The van der Waals surface area contributed by atoms with Gasteiger partial charge < -0.3 is 20.8 Å². The maximum absolute atomic E-state index is 9.19. The molecule has 1 unspecified atom stereocenters. The molecule has 0 bridgehead atoms. The summed E-state index contributed by atoms with van der Waals surface area (Å²) in [5.74, 6) is 0.272. The van der Waals surface area contributed by atoms with Gasteiger partial charge in [0.1, 0.15) is 12.7 Å². The number of nitrogens with zero attached hydrogens (tertiary/aromatic N) is 3. The summed E-state index contributed by atoms with van der Waals surface area (Å²) in [5.41, 5.74) is 8.96. The zero-order chi connectivity index (χ0) is 13.8. The summed E-state index contributed by atoms with van der Waals surface area (Å²) in [4.78, 5) is 13.4. The van der Waals surface area contributed by atoms with Crippen LogP contribution >= 0.6 is 0 Å². The summed E-state index contributed by atoms with van der Waals surface area (Å²) in [6.45, 7) is 1.48. The Morgan fingerprint density at radius 3 is 2.95 bits per heavy atom. The van der Waals surface area contributed by atoms with E-state index in [2.05, 4.69) is 15.1 Å². The molecule has 0 radical (unpaired) electrons. The number of nitrogens with two attached hydrogens (primary N) is 1. The zero-order valence-corrected chi connectivity index (χ0v) is 10.8. The summed E-state index contributed by atoms with van der Waals surface area (Å²) in [6, 6.07) is 0. The molecule has 0 saturated carbocycles. The summed E-state index contributed by atoms with van der Waals surface area (Å²) < 4.78 is 0. The first-order chi connectivity index (χ1) is 9.11. The Morgan fingerprint density at radius 2 is 2.21 bits per heavy atom. The van der Waals surface area contributed by atoms with E-state index in [0.29, 0.717) is 0 Å². The van der Waals surface area contributed by atoms with Gasteiger partial charge in [-0.2, -0.15) is 0 Å². The van der Waals surface area contributed by atoms with Gasteiger partial charge in [-0.15, -0.1) is 0 Å². The molecular weight excluding hydrogens is 248 g/mol. The van der Waals surface area contributed by atoms with Gasteiger partial charge in [-0.1, -0.05) is 5.16 Å². The van der Waals surface area contributed by atoms with Crippen LogP contribution in [0, 0.1) is 6.92 Å². The lowest BCUT2D eigenvalue weighted by Crippen LogP contribution is -2.21. The average Bonchev–Trinajstić information content (AvgIpc) is 2.37. The molecule has 4 N–H and O–H groups in total. The second kappa shape index (κ2) is 5.94. The van der Waals surface area contributed by atoms with Gasteiger partial charge in [-0.3, -0.25) is 0 Å². The highest BCUT2D eigenvalue weighted by atomic mass is 16.6. The highest BCUT2D eigenvalue weighted by Gasteiger charge is 2.21. The second-order valence-electron chi connectivity index (χ2n) is 4.51. The second-order valence-corrected chi connectivity index (χ2v) is 4.51. The Balaban J connectivity index is 2.20. The number of aryl methyl sites for hydroxylation is 2. The molecule has 0 saturated heterocycles. The number of aliphatic hydroxyl groups is 2. The standard InChI is InChI=1S/C12H18N4O3/c1-7-11-9(15-12(13)14-7)3-2-4-10(11)16-19-6-8(18)5-17/h8,17-18H,2-6H2,1H3,(H2,13,14,15)/b16-10+. The summed E-state index contributed by atoms with van der Waals surface area (Å²) in [6.07, 6.45) is 1.63. The maximum atomic E-state index is 9.19. The molecule has 7 nitrogen and oxygen atoms in total. The van der Waals surface area contributed by atoms with Gasteiger partial charge in [-0.05, 0) is 26.2 Å². The lowest BCUT2D eigenvalue weighted by atomic mass is 9.93. The van der Waals surface area contributed by atoms with Crippen molar-refractivity contribution < 1.29 is 15.1 Å². The van der Waals surface area contributed by atoms with E-state index in [1.165, 1.54) is 0 Å². The highest BCUT2D eigenvalue weighted by molar-refractivity contribution is 6.02. The number of hydrogen-bond donors (Lipinski definition) is 3. The van der Waals surface area contributed by atoms with E-state index in [-0.39, 0.29) is 19.2 Å². The lowest BCUT2D eigenvalue weighted by molar-refractivity contribution is 0.00815. The molecule has 104 valence electrons. The minimum Gasteiger partial charge on any atom is -0.394 e. The summed E-state index contributed by atoms with van der Waals surface area (Å²) in [7, 11) is 0.